The minimum atomic E-state index is -0.311. The van der Waals surface area contributed by atoms with E-state index < -0.39 is 0 Å². The summed E-state index contributed by atoms with van der Waals surface area (Å²) in [6.45, 7) is 6.08. The summed E-state index contributed by atoms with van der Waals surface area (Å²) in [5, 5.41) is 3.65. The minimum Gasteiger partial charge on any atom is -0.379 e. The smallest absolute Gasteiger partial charge is 0.188 e. The second-order valence-corrected chi connectivity index (χ2v) is 7.25. The van der Waals surface area contributed by atoms with E-state index in [9.17, 15) is 4.39 Å². The third-order valence-electron chi connectivity index (χ3n) is 4.97. The number of nitrogens with zero attached hydrogens (tertiary/aromatic N) is 2. The van der Waals surface area contributed by atoms with Gasteiger partial charge >= 0.3 is 0 Å². The fraction of sp³-hybridized carbons (Fsp3) is 0.611. The molecule has 0 atom stereocenters. The predicted octanol–water partition coefficient (Wildman–Crippen LogP) is 2.14. The molecule has 2 aliphatic rings. The molecule has 1 aliphatic carbocycles. The molecule has 0 aromatic heterocycles. The van der Waals surface area contributed by atoms with Crippen LogP contribution in [0.2, 0.25) is 5.02 Å². The molecule has 1 saturated heterocycles. The van der Waals surface area contributed by atoms with Crippen molar-refractivity contribution in [2.45, 2.75) is 24.7 Å². The second-order valence-electron chi connectivity index (χ2n) is 6.84. The van der Waals surface area contributed by atoms with Crippen molar-refractivity contribution in [1.82, 2.24) is 10.2 Å². The Morgan fingerprint density at radius 3 is 2.80 bits per heavy atom. The highest BCUT2D eigenvalue weighted by Crippen LogP contribution is 2.50. The largest absolute Gasteiger partial charge is 0.379 e. The van der Waals surface area contributed by atoms with Crippen LogP contribution in [-0.2, 0) is 10.2 Å². The fourth-order valence-electron chi connectivity index (χ4n) is 3.22. The first-order valence-electron chi connectivity index (χ1n) is 8.88. The van der Waals surface area contributed by atoms with Crippen molar-refractivity contribution in [3.05, 3.63) is 34.6 Å². The van der Waals surface area contributed by atoms with Crippen LogP contribution in [0.1, 0.15) is 24.8 Å². The van der Waals surface area contributed by atoms with Crippen LogP contribution in [0.4, 0.5) is 4.39 Å². The normalized spacial score (nSPS) is 20.5. The van der Waals surface area contributed by atoms with E-state index in [1.807, 2.05) is 0 Å². The Kier molecular flexibility index (Phi) is 6.15. The van der Waals surface area contributed by atoms with Gasteiger partial charge in [-0.05, 0) is 43.5 Å². The molecular weight excluding hydrogens is 343 g/mol. The average Bonchev–Trinajstić information content (AvgIpc) is 3.39. The summed E-state index contributed by atoms with van der Waals surface area (Å²) in [5.41, 5.74) is 6.87. The molecule has 0 spiro atoms. The molecule has 5 nitrogen and oxygen atoms in total. The Labute approximate surface area is 153 Å². The summed E-state index contributed by atoms with van der Waals surface area (Å²) < 4.78 is 18.6. The third kappa shape index (κ3) is 5.06. The highest BCUT2D eigenvalue weighted by Gasteiger charge is 2.45. The van der Waals surface area contributed by atoms with Crippen molar-refractivity contribution in [1.29, 1.82) is 0 Å². The van der Waals surface area contributed by atoms with E-state index in [1.54, 1.807) is 6.07 Å². The standard InChI is InChI=1S/C18H26ClFN4O/c19-16-12-14(20)2-3-15(16)18(4-5-18)13-23-17(21)22-6-1-7-24-8-10-25-11-9-24/h2-3,12H,1,4-11,13H2,(H3,21,22,23). The van der Waals surface area contributed by atoms with Crippen LogP contribution in [0, 0.1) is 5.82 Å². The number of aliphatic imine (C=N–C) groups is 1. The summed E-state index contributed by atoms with van der Waals surface area (Å²) >= 11 is 6.20. The van der Waals surface area contributed by atoms with Crippen LogP contribution in [0.5, 0.6) is 0 Å². The molecule has 138 valence electrons. The number of guanidine groups is 1. The summed E-state index contributed by atoms with van der Waals surface area (Å²) in [7, 11) is 0. The van der Waals surface area contributed by atoms with Crippen molar-refractivity contribution < 1.29 is 9.13 Å². The molecule has 0 unspecified atom stereocenters. The number of nitrogens with two attached hydrogens (primary N) is 1. The number of ether oxygens (including phenoxy) is 1. The molecule has 2 fully saturated rings. The minimum absolute atomic E-state index is 0.0785. The van der Waals surface area contributed by atoms with Gasteiger partial charge < -0.3 is 15.8 Å². The lowest BCUT2D eigenvalue weighted by molar-refractivity contribution is 0.0376. The average molecular weight is 369 g/mol. The molecule has 7 heteroatoms. The van der Waals surface area contributed by atoms with Crippen molar-refractivity contribution >= 4 is 17.6 Å². The van der Waals surface area contributed by atoms with E-state index in [1.165, 1.54) is 12.1 Å². The second kappa shape index (κ2) is 8.34. The first-order valence-corrected chi connectivity index (χ1v) is 9.26. The highest BCUT2D eigenvalue weighted by molar-refractivity contribution is 6.31. The Morgan fingerprint density at radius 1 is 1.36 bits per heavy atom. The number of hydrogen-bond acceptors (Lipinski definition) is 3. The van der Waals surface area contributed by atoms with Gasteiger partial charge in [-0.1, -0.05) is 17.7 Å². The van der Waals surface area contributed by atoms with Gasteiger partial charge in [-0.15, -0.1) is 0 Å². The lowest BCUT2D eigenvalue weighted by Crippen LogP contribution is -2.39. The van der Waals surface area contributed by atoms with Crippen LogP contribution in [0.25, 0.3) is 0 Å². The van der Waals surface area contributed by atoms with Crippen LogP contribution >= 0.6 is 11.6 Å². The monoisotopic (exact) mass is 368 g/mol. The van der Waals surface area contributed by atoms with Gasteiger partial charge in [0, 0.05) is 30.1 Å². The van der Waals surface area contributed by atoms with Gasteiger partial charge in [-0.25, -0.2) is 4.39 Å². The Morgan fingerprint density at radius 2 is 2.12 bits per heavy atom. The van der Waals surface area contributed by atoms with Crippen LogP contribution < -0.4 is 11.1 Å². The van der Waals surface area contributed by atoms with E-state index in [0.717, 1.165) is 64.2 Å². The molecule has 1 heterocycles. The maximum Gasteiger partial charge on any atom is 0.188 e. The van der Waals surface area contributed by atoms with Crippen LogP contribution in [0.15, 0.2) is 23.2 Å². The number of benzene rings is 1. The number of rotatable bonds is 7. The zero-order chi connectivity index (χ0) is 17.7. The number of halogens is 2. The molecule has 0 bridgehead atoms. The summed E-state index contributed by atoms with van der Waals surface area (Å²) in [4.78, 5) is 6.88. The van der Waals surface area contributed by atoms with Crippen LogP contribution in [-0.4, -0.2) is 56.8 Å². The maximum atomic E-state index is 13.2. The Balaban J connectivity index is 1.43. The van der Waals surface area contributed by atoms with Gasteiger partial charge in [-0.3, -0.25) is 9.89 Å². The van der Waals surface area contributed by atoms with E-state index in [0.29, 0.717) is 17.5 Å². The van der Waals surface area contributed by atoms with E-state index >= 15 is 0 Å². The zero-order valence-corrected chi connectivity index (χ0v) is 15.2. The fourth-order valence-corrected chi connectivity index (χ4v) is 3.59. The topological polar surface area (TPSA) is 62.9 Å². The van der Waals surface area contributed by atoms with E-state index in [2.05, 4.69) is 15.2 Å². The molecule has 0 amide bonds. The number of hydrogen-bond donors (Lipinski definition) is 2. The zero-order valence-electron chi connectivity index (χ0n) is 14.4. The molecule has 1 aromatic rings. The lowest BCUT2D eigenvalue weighted by Gasteiger charge is -2.26. The summed E-state index contributed by atoms with van der Waals surface area (Å²) in [6, 6.07) is 4.60. The van der Waals surface area contributed by atoms with E-state index in [-0.39, 0.29) is 11.2 Å². The van der Waals surface area contributed by atoms with Gasteiger partial charge in [0.2, 0.25) is 0 Å². The van der Waals surface area contributed by atoms with Crippen molar-refractivity contribution in [3.8, 4) is 0 Å². The Hall–Kier alpha value is -1.37. The SMILES string of the molecule is NC(=NCC1(c2ccc(F)cc2Cl)CC1)NCCCN1CCOCC1. The number of nitrogens with one attached hydrogen (secondary N) is 1. The molecule has 25 heavy (non-hydrogen) atoms. The molecule has 0 radical (unpaired) electrons. The molecule has 1 aliphatic heterocycles. The molecular formula is C18H26ClFN4O. The van der Waals surface area contributed by atoms with Gasteiger partial charge in [0.05, 0.1) is 19.8 Å². The first-order chi connectivity index (χ1) is 12.1. The first kappa shape index (κ1) is 18.4. The van der Waals surface area contributed by atoms with Gasteiger partial charge in [0.15, 0.2) is 5.96 Å². The van der Waals surface area contributed by atoms with Gasteiger partial charge in [0.25, 0.3) is 0 Å². The van der Waals surface area contributed by atoms with Gasteiger partial charge in [0.1, 0.15) is 5.82 Å². The molecule has 1 saturated carbocycles. The van der Waals surface area contributed by atoms with Crippen LogP contribution in [0.3, 0.4) is 0 Å². The van der Waals surface area contributed by atoms with Crippen molar-refractivity contribution in [2.75, 3.05) is 45.9 Å². The summed E-state index contributed by atoms with van der Waals surface area (Å²) in [5.74, 6) is 0.154. The van der Waals surface area contributed by atoms with E-state index in [4.69, 9.17) is 22.1 Å². The highest BCUT2D eigenvalue weighted by atomic mass is 35.5. The lowest BCUT2D eigenvalue weighted by atomic mass is 9.96. The maximum absolute atomic E-state index is 13.2. The van der Waals surface area contributed by atoms with Crippen molar-refractivity contribution in [3.63, 3.8) is 0 Å². The summed E-state index contributed by atoms with van der Waals surface area (Å²) in [6.07, 6.45) is 3.03. The third-order valence-corrected chi connectivity index (χ3v) is 5.28. The number of morpholine rings is 1. The molecule has 1 aromatic carbocycles. The predicted molar refractivity (Wildman–Crippen MR) is 98.7 cm³/mol. The molecule has 3 N–H and O–H groups in total. The van der Waals surface area contributed by atoms with Crippen molar-refractivity contribution in [2.24, 2.45) is 10.7 Å². The Bertz CT molecular complexity index is 615. The van der Waals surface area contributed by atoms with Gasteiger partial charge in [-0.2, -0.15) is 0 Å². The quantitative estimate of drug-likeness (QED) is 0.439. The molecule has 3 rings (SSSR count).